The van der Waals surface area contributed by atoms with Crippen LogP contribution in [-0.2, 0) is 11.8 Å². The van der Waals surface area contributed by atoms with E-state index in [4.69, 9.17) is 10.8 Å². The summed E-state index contributed by atoms with van der Waals surface area (Å²) in [6.45, 7) is 0. The molecule has 0 aliphatic heterocycles. The average molecular weight is 185 g/mol. The maximum absolute atomic E-state index is 10.2. The van der Waals surface area contributed by atoms with Crippen LogP contribution in [0.3, 0.4) is 0 Å². The van der Waals surface area contributed by atoms with Gasteiger partial charge < -0.3 is 10.8 Å². The molecule has 0 saturated carbocycles. The van der Waals surface area contributed by atoms with Crippen LogP contribution in [0.1, 0.15) is 24.7 Å². The van der Waals surface area contributed by atoms with Crippen molar-refractivity contribution < 1.29 is 9.90 Å². The first kappa shape index (κ1) is 9.59. The van der Waals surface area contributed by atoms with Crippen LogP contribution >= 0.6 is 0 Å². The van der Waals surface area contributed by atoms with Crippen LogP contribution in [0.2, 0.25) is 0 Å². The predicted molar refractivity (Wildman–Crippen MR) is 42.6 cm³/mol. The summed E-state index contributed by atoms with van der Waals surface area (Å²) in [7, 11) is 1.66. The molecule has 0 bridgehead atoms. The number of nitrogens with zero attached hydrogens (tertiary/aromatic N) is 4. The lowest BCUT2D eigenvalue weighted by Crippen LogP contribution is -2.17. The van der Waals surface area contributed by atoms with Crippen molar-refractivity contribution in [1.29, 1.82) is 0 Å². The summed E-state index contributed by atoms with van der Waals surface area (Å²) in [5.74, 6) is -0.369. The number of carbonyl (C=O) groups is 1. The van der Waals surface area contributed by atoms with Gasteiger partial charge in [0, 0.05) is 13.5 Å². The molecule has 0 aromatic carbocycles. The van der Waals surface area contributed by atoms with Gasteiger partial charge in [-0.1, -0.05) is 0 Å². The van der Waals surface area contributed by atoms with E-state index in [-0.39, 0.29) is 6.42 Å². The van der Waals surface area contributed by atoms with Gasteiger partial charge in [0.25, 0.3) is 0 Å². The normalized spacial score (nSPS) is 12.8. The van der Waals surface area contributed by atoms with Crippen molar-refractivity contribution in [3.05, 3.63) is 5.82 Å². The number of aliphatic carboxylic acids is 1. The molecule has 7 heteroatoms. The molecule has 0 spiro atoms. The Kier molecular flexibility index (Phi) is 2.91. The van der Waals surface area contributed by atoms with Crippen LogP contribution in [0.25, 0.3) is 0 Å². The molecule has 0 aliphatic rings. The smallest absolute Gasteiger partial charge is 0.303 e. The van der Waals surface area contributed by atoms with E-state index in [9.17, 15) is 4.79 Å². The molecule has 1 atom stereocenters. The summed E-state index contributed by atoms with van der Waals surface area (Å²) in [5.41, 5.74) is 5.66. The minimum absolute atomic E-state index is 0.0219. The Balaban J connectivity index is 2.53. The third kappa shape index (κ3) is 2.48. The number of hydrogen-bond acceptors (Lipinski definition) is 5. The monoisotopic (exact) mass is 185 g/mol. The van der Waals surface area contributed by atoms with Crippen LogP contribution in [0, 0.1) is 0 Å². The van der Waals surface area contributed by atoms with Gasteiger partial charge in [-0.15, -0.1) is 5.10 Å². The van der Waals surface area contributed by atoms with Crippen LogP contribution < -0.4 is 5.73 Å². The molecule has 72 valence electrons. The minimum Gasteiger partial charge on any atom is -0.481 e. The number of carboxylic acid groups (broad SMARTS) is 1. The van der Waals surface area contributed by atoms with Gasteiger partial charge in [0.15, 0.2) is 5.82 Å². The zero-order valence-corrected chi connectivity index (χ0v) is 7.21. The molecule has 0 radical (unpaired) electrons. The quantitative estimate of drug-likeness (QED) is 0.627. The van der Waals surface area contributed by atoms with Gasteiger partial charge in [-0.05, 0) is 16.8 Å². The van der Waals surface area contributed by atoms with Crippen molar-refractivity contribution in [2.24, 2.45) is 12.8 Å². The predicted octanol–water partition coefficient (Wildman–Crippen LogP) is -0.925. The van der Waals surface area contributed by atoms with Gasteiger partial charge in [0.05, 0.1) is 6.04 Å². The number of nitrogens with two attached hydrogens (primary N) is 1. The Morgan fingerprint density at radius 2 is 2.46 bits per heavy atom. The molecule has 1 rings (SSSR count). The second kappa shape index (κ2) is 3.94. The first-order valence-electron chi connectivity index (χ1n) is 3.81. The van der Waals surface area contributed by atoms with E-state index in [2.05, 4.69) is 15.5 Å². The van der Waals surface area contributed by atoms with E-state index >= 15 is 0 Å². The van der Waals surface area contributed by atoms with Crippen molar-refractivity contribution in [2.45, 2.75) is 18.9 Å². The highest BCUT2D eigenvalue weighted by atomic mass is 16.4. The molecule has 0 aliphatic carbocycles. The molecule has 1 aromatic heterocycles. The van der Waals surface area contributed by atoms with Gasteiger partial charge in [0.2, 0.25) is 0 Å². The molecule has 0 saturated heterocycles. The van der Waals surface area contributed by atoms with Crippen LogP contribution in [-0.4, -0.2) is 31.3 Å². The van der Waals surface area contributed by atoms with Crippen molar-refractivity contribution in [3.63, 3.8) is 0 Å². The molecule has 0 fully saturated rings. The third-order valence-corrected chi connectivity index (χ3v) is 1.65. The van der Waals surface area contributed by atoms with Crippen molar-refractivity contribution in [1.82, 2.24) is 20.2 Å². The van der Waals surface area contributed by atoms with Gasteiger partial charge in [-0.2, -0.15) is 0 Å². The Morgan fingerprint density at radius 1 is 1.77 bits per heavy atom. The summed E-state index contributed by atoms with van der Waals surface area (Å²) in [5, 5.41) is 19.1. The van der Waals surface area contributed by atoms with E-state index in [0.717, 1.165) is 0 Å². The topological polar surface area (TPSA) is 107 Å². The Morgan fingerprint density at radius 3 is 2.92 bits per heavy atom. The second-order valence-corrected chi connectivity index (χ2v) is 2.70. The molecule has 13 heavy (non-hydrogen) atoms. The number of tetrazole rings is 1. The zero-order valence-electron chi connectivity index (χ0n) is 7.21. The van der Waals surface area contributed by atoms with Crippen LogP contribution in [0.5, 0.6) is 0 Å². The summed E-state index contributed by atoms with van der Waals surface area (Å²) >= 11 is 0. The largest absolute Gasteiger partial charge is 0.481 e. The van der Waals surface area contributed by atoms with Crippen molar-refractivity contribution in [3.8, 4) is 0 Å². The van der Waals surface area contributed by atoms with E-state index in [1.54, 1.807) is 7.05 Å². The van der Waals surface area contributed by atoms with Crippen molar-refractivity contribution >= 4 is 5.97 Å². The SMILES string of the molecule is Cn1nnnc1C(N)CCC(=O)O. The average Bonchev–Trinajstić information content (AvgIpc) is 2.47. The van der Waals surface area contributed by atoms with E-state index in [1.165, 1.54) is 4.68 Å². The Labute approximate surface area is 74.5 Å². The lowest BCUT2D eigenvalue weighted by atomic mass is 10.1. The molecular weight excluding hydrogens is 174 g/mol. The zero-order chi connectivity index (χ0) is 9.84. The van der Waals surface area contributed by atoms with Gasteiger partial charge in [0.1, 0.15) is 0 Å². The molecule has 1 heterocycles. The lowest BCUT2D eigenvalue weighted by Gasteiger charge is -2.06. The first-order valence-corrected chi connectivity index (χ1v) is 3.81. The number of aryl methyl sites for hydroxylation is 1. The standard InChI is InChI=1S/C6H11N5O2/c1-11-6(8-9-10-11)4(7)2-3-5(12)13/h4H,2-3,7H2,1H3,(H,12,13). The van der Waals surface area contributed by atoms with Gasteiger partial charge in [-0.3, -0.25) is 4.79 Å². The number of rotatable bonds is 4. The highest BCUT2D eigenvalue weighted by Gasteiger charge is 2.13. The maximum Gasteiger partial charge on any atom is 0.303 e. The van der Waals surface area contributed by atoms with Crippen molar-refractivity contribution in [2.75, 3.05) is 0 Å². The molecular formula is C6H11N5O2. The highest BCUT2D eigenvalue weighted by Crippen LogP contribution is 2.10. The van der Waals surface area contributed by atoms with Gasteiger partial charge in [-0.25, -0.2) is 4.68 Å². The molecule has 1 aromatic rings. The molecule has 7 nitrogen and oxygen atoms in total. The fourth-order valence-electron chi connectivity index (χ4n) is 0.959. The first-order chi connectivity index (χ1) is 6.11. The summed E-state index contributed by atoms with van der Waals surface area (Å²) in [4.78, 5) is 10.2. The van der Waals surface area contributed by atoms with Crippen LogP contribution in [0.4, 0.5) is 0 Å². The van der Waals surface area contributed by atoms with Gasteiger partial charge >= 0.3 is 5.97 Å². The fourth-order valence-corrected chi connectivity index (χ4v) is 0.959. The van der Waals surface area contributed by atoms with Crippen LogP contribution in [0.15, 0.2) is 0 Å². The highest BCUT2D eigenvalue weighted by molar-refractivity contribution is 5.66. The number of carboxylic acids is 1. The lowest BCUT2D eigenvalue weighted by molar-refractivity contribution is -0.137. The Bertz CT molecular complexity index is 297. The maximum atomic E-state index is 10.2. The summed E-state index contributed by atoms with van der Waals surface area (Å²) in [6, 6.07) is -0.420. The second-order valence-electron chi connectivity index (χ2n) is 2.70. The van der Waals surface area contributed by atoms with E-state index in [0.29, 0.717) is 12.2 Å². The molecule has 3 N–H and O–H groups in total. The number of hydrogen-bond donors (Lipinski definition) is 2. The third-order valence-electron chi connectivity index (χ3n) is 1.65. The summed E-state index contributed by atoms with van der Waals surface area (Å²) in [6.07, 6.45) is 0.359. The minimum atomic E-state index is -0.870. The van der Waals surface area contributed by atoms with E-state index in [1.807, 2.05) is 0 Å². The summed E-state index contributed by atoms with van der Waals surface area (Å²) < 4.78 is 1.44. The van der Waals surface area contributed by atoms with E-state index < -0.39 is 12.0 Å². The fraction of sp³-hybridized carbons (Fsp3) is 0.667. The number of aromatic nitrogens is 4. The molecule has 1 unspecified atom stereocenters. The molecule has 0 amide bonds. The Hall–Kier alpha value is -1.50.